The monoisotopic (exact) mass is 356 g/mol. The van der Waals surface area contributed by atoms with Gasteiger partial charge in [-0.15, -0.1) is 0 Å². The van der Waals surface area contributed by atoms with E-state index in [0.717, 1.165) is 5.56 Å². The Morgan fingerprint density at radius 3 is 2.68 bits per heavy atom. The van der Waals surface area contributed by atoms with Crippen LogP contribution in [0, 0.1) is 12.7 Å². The van der Waals surface area contributed by atoms with Gasteiger partial charge in [0, 0.05) is 22.0 Å². The molecule has 0 unspecified atom stereocenters. The van der Waals surface area contributed by atoms with E-state index in [1.54, 1.807) is 31.2 Å². The predicted octanol–water partition coefficient (Wildman–Crippen LogP) is 3.65. The third-order valence-corrected chi connectivity index (χ3v) is 5.57. The average molecular weight is 356 g/mol. The van der Waals surface area contributed by atoms with Crippen molar-refractivity contribution in [2.45, 2.75) is 11.8 Å². The summed E-state index contributed by atoms with van der Waals surface area (Å²) in [5.41, 5.74) is 1.61. The molecule has 5 nitrogen and oxygen atoms in total. The third kappa shape index (κ3) is 2.44. The van der Waals surface area contributed by atoms with E-state index in [4.69, 9.17) is 0 Å². The zero-order valence-electron chi connectivity index (χ0n) is 13.1. The van der Waals surface area contributed by atoms with Gasteiger partial charge < -0.3 is 5.32 Å². The van der Waals surface area contributed by atoms with Gasteiger partial charge in [0.2, 0.25) is 0 Å². The molecule has 0 fully saturated rings. The second kappa shape index (κ2) is 5.29. The maximum atomic E-state index is 13.9. The van der Waals surface area contributed by atoms with Crippen molar-refractivity contribution in [3.8, 4) is 0 Å². The first-order valence-corrected chi connectivity index (χ1v) is 9.01. The highest BCUT2D eigenvalue weighted by molar-refractivity contribution is 7.93. The van der Waals surface area contributed by atoms with Gasteiger partial charge in [-0.05, 0) is 42.8 Å². The summed E-state index contributed by atoms with van der Waals surface area (Å²) < 4.78 is 41.9. The molecule has 0 saturated heterocycles. The molecule has 2 N–H and O–H groups in total. The summed E-state index contributed by atoms with van der Waals surface area (Å²) >= 11 is 0. The van der Waals surface area contributed by atoms with Gasteiger partial charge >= 0.3 is 0 Å². The number of nitrogens with one attached hydrogen (secondary N) is 2. The van der Waals surface area contributed by atoms with Gasteiger partial charge in [-0.25, -0.2) is 12.8 Å². The molecule has 0 bridgehead atoms. The maximum Gasteiger partial charge on any atom is 0.262 e. The molecule has 126 valence electrons. The molecule has 0 radical (unpaired) electrons. The van der Waals surface area contributed by atoms with Crippen LogP contribution in [0.1, 0.15) is 15.9 Å². The van der Waals surface area contributed by atoms with Crippen molar-refractivity contribution >= 4 is 38.1 Å². The quantitative estimate of drug-likeness (QED) is 0.752. The van der Waals surface area contributed by atoms with E-state index in [2.05, 4.69) is 10.0 Å². The van der Waals surface area contributed by atoms with Gasteiger partial charge in [0.15, 0.2) is 0 Å². The van der Waals surface area contributed by atoms with Crippen molar-refractivity contribution in [1.29, 1.82) is 0 Å². The Morgan fingerprint density at radius 1 is 1.08 bits per heavy atom. The summed E-state index contributed by atoms with van der Waals surface area (Å²) in [5.74, 6) is -0.926. The molecule has 0 spiro atoms. The van der Waals surface area contributed by atoms with Crippen LogP contribution in [-0.4, -0.2) is 14.3 Å². The lowest BCUT2D eigenvalue weighted by atomic mass is 10.1. The number of anilines is 2. The third-order valence-electron chi connectivity index (χ3n) is 4.15. The summed E-state index contributed by atoms with van der Waals surface area (Å²) in [6, 6.07) is 12.0. The van der Waals surface area contributed by atoms with Gasteiger partial charge in [-0.1, -0.05) is 18.2 Å². The SMILES string of the molecule is Cc1ccc(F)c(NS(=O)(=O)c2ccc3c4c(cccc24)C(=O)N3)c1. The van der Waals surface area contributed by atoms with Crippen molar-refractivity contribution in [1.82, 2.24) is 0 Å². The molecule has 1 aliphatic heterocycles. The molecule has 0 saturated carbocycles. The lowest BCUT2D eigenvalue weighted by molar-refractivity contribution is 0.103. The van der Waals surface area contributed by atoms with Gasteiger partial charge in [0.1, 0.15) is 5.82 Å². The number of sulfonamides is 1. The Balaban J connectivity index is 1.89. The van der Waals surface area contributed by atoms with Crippen LogP contribution in [-0.2, 0) is 10.0 Å². The van der Waals surface area contributed by atoms with Crippen LogP contribution < -0.4 is 10.0 Å². The highest BCUT2D eigenvalue weighted by atomic mass is 32.2. The van der Waals surface area contributed by atoms with Crippen molar-refractivity contribution < 1.29 is 17.6 Å². The van der Waals surface area contributed by atoms with Crippen molar-refractivity contribution in [3.05, 3.63) is 65.5 Å². The lowest BCUT2D eigenvalue weighted by Crippen LogP contribution is -2.14. The largest absolute Gasteiger partial charge is 0.321 e. The molecular formula is C18H13FN2O3S. The molecule has 25 heavy (non-hydrogen) atoms. The molecule has 1 amide bonds. The minimum atomic E-state index is -4.03. The van der Waals surface area contributed by atoms with Gasteiger partial charge in [-0.2, -0.15) is 0 Å². The molecule has 0 aliphatic carbocycles. The Hall–Kier alpha value is -2.93. The fraction of sp³-hybridized carbons (Fsp3) is 0.0556. The predicted molar refractivity (Wildman–Crippen MR) is 93.8 cm³/mol. The summed E-state index contributed by atoms with van der Waals surface area (Å²) in [4.78, 5) is 11.9. The van der Waals surface area contributed by atoms with Gasteiger partial charge in [0.25, 0.3) is 15.9 Å². The normalized spacial score (nSPS) is 13.1. The molecule has 4 rings (SSSR count). The number of benzene rings is 3. The van der Waals surface area contributed by atoms with E-state index < -0.39 is 15.8 Å². The second-order valence-corrected chi connectivity index (χ2v) is 7.53. The van der Waals surface area contributed by atoms with Crippen molar-refractivity contribution in [2.75, 3.05) is 10.0 Å². The number of carbonyl (C=O) groups excluding carboxylic acids is 1. The van der Waals surface area contributed by atoms with Crippen LogP contribution in [0.15, 0.2) is 53.4 Å². The average Bonchev–Trinajstić information content (AvgIpc) is 2.89. The number of aryl methyl sites for hydroxylation is 1. The van der Waals surface area contributed by atoms with Crippen molar-refractivity contribution in [2.24, 2.45) is 0 Å². The first-order valence-electron chi connectivity index (χ1n) is 7.53. The highest BCUT2D eigenvalue weighted by Crippen LogP contribution is 2.37. The Labute approximate surface area is 143 Å². The first-order chi connectivity index (χ1) is 11.9. The summed E-state index contributed by atoms with van der Waals surface area (Å²) in [5, 5.41) is 3.67. The standard InChI is InChI=1S/C18H13FN2O3S/c1-10-5-6-13(19)15(9-10)21-25(23,24)16-8-7-14-17-11(16)3-2-4-12(17)18(22)20-14/h2-9,21H,1H3,(H,20,22). The number of hydrogen-bond acceptors (Lipinski definition) is 3. The van der Waals surface area contributed by atoms with E-state index in [1.165, 1.54) is 24.3 Å². The number of hydrogen-bond donors (Lipinski definition) is 2. The molecule has 1 heterocycles. The maximum absolute atomic E-state index is 13.9. The number of rotatable bonds is 3. The fourth-order valence-electron chi connectivity index (χ4n) is 3.01. The van der Waals surface area contributed by atoms with Crippen LogP contribution in [0.25, 0.3) is 10.8 Å². The minimum Gasteiger partial charge on any atom is -0.321 e. The molecule has 3 aromatic rings. The van der Waals surface area contributed by atoms with Crippen LogP contribution in [0.5, 0.6) is 0 Å². The fourth-order valence-corrected chi connectivity index (χ4v) is 4.28. The number of carbonyl (C=O) groups is 1. The summed E-state index contributed by atoms with van der Waals surface area (Å²) in [7, 11) is -4.03. The van der Waals surface area contributed by atoms with Crippen LogP contribution in [0.4, 0.5) is 15.8 Å². The number of halogens is 1. The van der Waals surface area contributed by atoms with Crippen LogP contribution >= 0.6 is 0 Å². The Morgan fingerprint density at radius 2 is 1.88 bits per heavy atom. The zero-order chi connectivity index (χ0) is 17.8. The topological polar surface area (TPSA) is 75.3 Å². The number of amides is 1. The molecular weight excluding hydrogens is 343 g/mol. The van der Waals surface area contributed by atoms with E-state index in [1.807, 2.05) is 0 Å². The summed E-state index contributed by atoms with van der Waals surface area (Å²) in [6.45, 7) is 1.74. The van der Waals surface area contributed by atoms with Gasteiger partial charge in [-0.3, -0.25) is 9.52 Å². The smallest absolute Gasteiger partial charge is 0.262 e. The Kier molecular flexibility index (Phi) is 3.30. The minimum absolute atomic E-state index is 0.00879. The second-order valence-electron chi connectivity index (χ2n) is 5.88. The van der Waals surface area contributed by atoms with E-state index in [9.17, 15) is 17.6 Å². The molecule has 3 aromatic carbocycles. The van der Waals surface area contributed by atoms with Crippen molar-refractivity contribution in [3.63, 3.8) is 0 Å². The first kappa shape index (κ1) is 15.6. The highest BCUT2D eigenvalue weighted by Gasteiger charge is 2.26. The van der Waals surface area contributed by atoms with E-state index >= 15 is 0 Å². The van der Waals surface area contributed by atoms with E-state index in [0.29, 0.717) is 22.0 Å². The van der Waals surface area contributed by atoms with Crippen LogP contribution in [0.3, 0.4) is 0 Å². The van der Waals surface area contributed by atoms with E-state index in [-0.39, 0.29) is 16.5 Å². The molecule has 1 aliphatic rings. The summed E-state index contributed by atoms with van der Waals surface area (Å²) in [6.07, 6.45) is 0. The molecule has 0 aromatic heterocycles. The lowest BCUT2D eigenvalue weighted by Gasteiger charge is -2.12. The van der Waals surface area contributed by atoms with Crippen LogP contribution in [0.2, 0.25) is 0 Å². The molecule has 7 heteroatoms. The Bertz CT molecular complexity index is 1160. The van der Waals surface area contributed by atoms with Gasteiger partial charge in [0.05, 0.1) is 10.6 Å². The molecule has 0 atom stereocenters. The zero-order valence-corrected chi connectivity index (χ0v) is 13.9.